The minimum atomic E-state index is -0.521. The molecule has 0 spiro atoms. The Bertz CT molecular complexity index is 1270. The number of hydrazone groups is 1. The van der Waals surface area contributed by atoms with E-state index >= 15 is 0 Å². The molecule has 0 saturated heterocycles. The molecule has 0 atom stereocenters. The Balaban J connectivity index is 1.78. The summed E-state index contributed by atoms with van der Waals surface area (Å²) in [4.78, 5) is 40.7. The van der Waals surface area contributed by atoms with E-state index in [4.69, 9.17) is 4.74 Å². The average Bonchev–Trinajstić information content (AvgIpc) is 3.13. The first-order chi connectivity index (χ1) is 14.3. The van der Waals surface area contributed by atoms with Gasteiger partial charge in [0.15, 0.2) is 5.52 Å². The maximum Gasteiger partial charge on any atom is 0.332 e. The molecule has 0 aliphatic heterocycles. The van der Waals surface area contributed by atoms with Crippen LogP contribution in [0.1, 0.15) is 5.56 Å². The highest BCUT2D eigenvalue weighted by Crippen LogP contribution is 2.21. The Hall–Kier alpha value is -3.47. The highest BCUT2D eigenvalue weighted by atomic mass is 79.9. The van der Waals surface area contributed by atoms with Gasteiger partial charge in [-0.2, -0.15) is 5.10 Å². The van der Waals surface area contributed by atoms with E-state index in [-0.39, 0.29) is 17.7 Å². The summed E-state index contributed by atoms with van der Waals surface area (Å²) in [6.07, 6.45) is 4.42. The monoisotopic (exact) mass is 474 g/mol. The number of hydrogen-bond acceptors (Lipinski definition) is 6. The van der Waals surface area contributed by atoms with Crippen LogP contribution in [0, 0.1) is 0 Å². The number of halogens is 1. The van der Waals surface area contributed by atoms with Gasteiger partial charge < -0.3 is 9.30 Å². The Morgan fingerprint density at radius 3 is 2.83 bits per heavy atom. The molecular weight excluding hydrogens is 456 g/mol. The third-order valence-corrected chi connectivity index (χ3v) is 4.74. The molecule has 0 saturated carbocycles. The van der Waals surface area contributed by atoms with Gasteiger partial charge in [-0.1, -0.05) is 28.6 Å². The molecule has 1 aromatic carbocycles. The maximum absolute atomic E-state index is 12.3. The van der Waals surface area contributed by atoms with E-state index < -0.39 is 17.2 Å². The average molecular weight is 475 g/mol. The molecule has 0 fully saturated rings. The summed E-state index contributed by atoms with van der Waals surface area (Å²) in [6, 6.07) is 5.39. The first-order valence-corrected chi connectivity index (χ1v) is 9.58. The minimum Gasteiger partial charge on any atom is -0.489 e. The fourth-order valence-electron chi connectivity index (χ4n) is 2.82. The molecule has 0 unspecified atom stereocenters. The van der Waals surface area contributed by atoms with Crippen molar-refractivity contribution in [3.05, 3.63) is 68.1 Å². The number of carbonyl (C=O) groups is 1. The summed E-state index contributed by atoms with van der Waals surface area (Å²) in [6.45, 7) is 3.77. The van der Waals surface area contributed by atoms with Gasteiger partial charge in [-0.05, 0) is 18.2 Å². The second kappa shape index (κ2) is 8.91. The fraction of sp³-hybridized carbons (Fsp3) is 0.211. The number of amides is 1. The molecule has 30 heavy (non-hydrogen) atoms. The number of nitrogens with one attached hydrogen (secondary N) is 1. The zero-order chi connectivity index (χ0) is 21.8. The largest absolute Gasteiger partial charge is 0.489 e. The van der Waals surface area contributed by atoms with Gasteiger partial charge in [-0.3, -0.25) is 18.7 Å². The quantitative estimate of drug-likeness (QED) is 0.310. The number of aryl methyl sites for hydroxylation is 1. The van der Waals surface area contributed by atoms with Crippen LogP contribution in [0.15, 0.2) is 56.3 Å². The molecule has 2 heterocycles. The first-order valence-electron chi connectivity index (χ1n) is 8.79. The molecule has 0 bridgehead atoms. The molecule has 11 heteroatoms. The summed E-state index contributed by atoms with van der Waals surface area (Å²) in [7, 11) is 2.88. The van der Waals surface area contributed by atoms with Crippen molar-refractivity contribution >= 4 is 39.2 Å². The molecule has 3 rings (SSSR count). The summed E-state index contributed by atoms with van der Waals surface area (Å²) < 4.78 is 10.0. The number of nitrogens with zero attached hydrogens (tertiary/aromatic N) is 5. The normalized spacial score (nSPS) is 11.2. The number of aromatic nitrogens is 4. The molecule has 2 aromatic heterocycles. The second-order valence-corrected chi connectivity index (χ2v) is 7.24. The third-order valence-electron chi connectivity index (χ3n) is 4.24. The van der Waals surface area contributed by atoms with Crippen LogP contribution in [0.5, 0.6) is 5.75 Å². The minimum absolute atomic E-state index is 0.106. The lowest BCUT2D eigenvalue weighted by molar-refractivity contribution is -0.121. The molecule has 0 aliphatic carbocycles. The van der Waals surface area contributed by atoms with Gasteiger partial charge in [-0.25, -0.2) is 15.2 Å². The number of rotatable bonds is 7. The van der Waals surface area contributed by atoms with Crippen LogP contribution in [0.3, 0.4) is 0 Å². The van der Waals surface area contributed by atoms with Gasteiger partial charge in [0.1, 0.15) is 24.5 Å². The third kappa shape index (κ3) is 4.25. The zero-order valence-corrected chi connectivity index (χ0v) is 17.9. The fourth-order valence-corrected chi connectivity index (χ4v) is 3.20. The van der Waals surface area contributed by atoms with Crippen LogP contribution in [0.25, 0.3) is 11.2 Å². The molecule has 0 aliphatic rings. The van der Waals surface area contributed by atoms with Gasteiger partial charge in [0.05, 0.1) is 12.5 Å². The molecule has 1 amide bonds. The van der Waals surface area contributed by atoms with Crippen LogP contribution in [-0.2, 0) is 25.4 Å². The Morgan fingerprint density at radius 1 is 1.33 bits per heavy atom. The van der Waals surface area contributed by atoms with Gasteiger partial charge in [0, 0.05) is 24.1 Å². The SMILES string of the molecule is C=CCOc1ccc(Br)cc1/C=N\NC(=O)Cn1cnc2c(=O)n(C)c(=O)n(C)c21. The molecule has 3 aromatic rings. The van der Waals surface area contributed by atoms with Crippen LogP contribution >= 0.6 is 15.9 Å². The lowest BCUT2D eigenvalue weighted by atomic mass is 10.2. The number of hydrogen-bond donors (Lipinski definition) is 1. The van der Waals surface area contributed by atoms with Crippen molar-refractivity contribution in [3.63, 3.8) is 0 Å². The van der Waals surface area contributed by atoms with E-state index in [9.17, 15) is 14.4 Å². The number of ether oxygens (including phenoxy) is 1. The Kier molecular flexibility index (Phi) is 6.31. The van der Waals surface area contributed by atoms with E-state index in [1.54, 1.807) is 18.2 Å². The number of carbonyl (C=O) groups excluding carboxylic acids is 1. The van der Waals surface area contributed by atoms with Crippen molar-refractivity contribution in [3.8, 4) is 5.75 Å². The zero-order valence-electron chi connectivity index (χ0n) is 16.3. The van der Waals surface area contributed by atoms with Crippen LogP contribution in [0.2, 0.25) is 0 Å². The summed E-state index contributed by atoms with van der Waals surface area (Å²) >= 11 is 3.38. The highest BCUT2D eigenvalue weighted by molar-refractivity contribution is 9.10. The van der Waals surface area contributed by atoms with E-state index in [0.29, 0.717) is 17.9 Å². The van der Waals surface area contributed by atoms with Gasteiger partial charge in [-0.15, -0.1) is 0 Å². The first kappa shape index (κ1) is 21.2. The number of benzene rings is 1. The summed E-state index contributed by atoms with van der Waals surface area (Å²) in [5, 5.41) is 3.96. The maximum atomic E-state index is 12.3. The topological polar surface area (TPSA) is 113 Å². The van der Waals surface area contributed by atoms with E-state index in [1.807, 2.05) is 6.07 Å². The van der Waals surface area contributed by atoms with Gasteiger partial charge >= 0.3 is 5.69 Å². The second-order valence-electron chi connectivity index (χ2n) is 6.33. The van der Waals surface area contributed by atoms with Gasteiger partial charge in [0.25, 0.3) is 11.5 Å². The molecule has 156 valence electrons. The number of fused-ring (bicyclic) bond motifs is 1. The predicted octanol–water partition coefficient (Wildman–Crippen LogP) is 0.911. The van der Waals surface area contributed by atoms with E-state index in [2.05, 4.69) is 38.0 Å². The predicted molar refractivity (Wildman–Crippen MR) is 116 cm³/mol. The molecule has 0 radical (unpaired) electrons. The smallest absolute Gasteiger partial charge is 0.332 e. The molecule has 1 N–H and O–H groups in total. The van der Waals surface area contributed by atoms with Crippen molar-refractivity contribution < 1.29 is 9.53 Å². The molecule has 10 nitrogen and oxygen atoms in total. The van der Waals surface area contributed by atoms with E-state index in [0.717, 1.165) is 9.04 Å². The van der Waals surface area contributed by atoms with Crippen LogP contribution in [-0.4, -0.2) is 37.4 Å². The lowest BCUT2D eigenvalue weighted by Gasteiger charge is -2.08. The van der Waals surface area contributed by atoms with E-state index in [1.165, 1.54) is 35.8 Å². The van der Waals surface area contributed by atoms with Crippen molar-refractivity contribution in [1.29, 1.82) is 0 Å². The molecular formula is C19H19BrN6O4. The van der Waals surface area contributed by atoms with Crippen molar-refractivity contribution in [2.24, 2.45) is 19.2 Å². The number of imidazole rings is 1. The lowest BCUT2D eigenvalue weighted by Crippen LogP contribution is -2.37. The van der Waals surface area contributed by atoms with Crippen molar-refractivity contribution in [1.82, 2.24) is 24.1 Å². The van der Waals surface area contributed by atoms with Crippen LogP contribution in [0.4, 0.5) is 0 Å². The summed E-state index contributed by atoms with van der Waals surface area (Å²) in [5.41, 5.74) is 2.41. The Labute approximate surface area is 179 Å². The standard InChI is InChI=1S/C19H19BrN6O4/c1-4-7-30-14-6-5-13(20)8-12(14)9-22-23-15(27)10-26-11-21-16-17(26)24(2)19(29)25(3)18(16)28/h4-6,8-9,11H,1,7,10H2,2-3H3,(H,23,27)/b22-9-. The van der Waals surface area contributed by atoms with Crippen molar-refractivity contribution in [2.45, 2.75) is 6.54 Å². The summed E-state index contributed by atoms with van der Waals surface area (Å²) in [5.74, 6) is 0.129. The van der Waals surface area contributed by atoms with Crippen LogP contribution < -0.4 is 21.4 Å². The Morgan fingerprint density at radius 2 is 2.10 bits per heavy atom. The van der Waals surface area contributed by atoms with Gasteiger partial charge in [0.2, 0.25) is 0 Å². The van der Waals surface area contributed by atoms with Crippen molar-refractivity contribution in [2.75, 3.05) is 6.61 Å². The highest BCUT2D eigenvalue weighted by Gasteiger charge is 2.15.